The number of allylic oxidation sites excluding steroid dienone is 6. The average Bonchev–Trinajstić information content (AvgIpc) is 2.99. The molecule has 8 nitrogen and oxygen atoms in total. The Morgan fingerprint density at radius 1 is 0.936 bits per heavy atom. The summed E-state index contributed by atoms with van der Waals surface area (Å²) in [6, 6.07) is -0.0849. The van der Waals surface area contributed by atoms with E-state index in [1.54, 1.807) is 0 Å². The minimum Gasteiger partial charge on any atom is -0.459 e. The Morgan fingerprint density at radius 2 is 1.60 bits per heavy atom. The molecule has 1 fully saturated rings. The third-order valence-corrected chi connectivity index (χ3v) is 8.83. The highest BCUT2D eigenvalue weighted by Gasteiger charge is 2.42. The van der Waals surface area contributed by atoms with Crippen LogP contribution in [0.25, 0.3) is 0 Å². The van der Waals surface area contributed by atoms with Crippen LogP contribution in [-0.4, -0.2) is 51.8 Å². The van der Waals surface area contributed by atoms with Crippen LogP contribution in [0.1, 0.15) is 137 Å². The molecule has 0 aliphatic heterocycles. The topological polar surface area (TPSA) is 103 Å². The second-order valence-corrected chi connectivity index (χ2v) is 14.5. The van der Waals surface area contributed by atoms with Gasteiger partial charge in [0.15, 0.2) is 0 Å². The van der Waals surface area contributed by atoms with Crippen LogP contribution in [-0.2, 0) is 19.0 Å². The monoisotopic (exact) mass is 652 g/mol. The molecule has 0 heterocycles. The SMILES string of the molecule is [B]C(=C)C(=O)OCCOC(=O)NCC1(C)CC(NC(=O)OC2=CC(CCCCCCC/C=C/CCCCCC)=CCC2)CC(C)(C)C1. The fourth-order valence-corrected chi connectivity index (χ4v) is 6.92. The Balaban J connectivity index is 1.68. The zero-order valence-corrected chi connectivity index (χ0v) is 29.8. The predicted octanol–water partition coefficient (Wildman–Crippen LogP) is 9.11. The first-order valence-electron chi connectivity index (χ1n) is 18.0. The fourth-order valence-electron chi connectivity index (χ4n) is 6.92. The van der Waals surface area contributed by atoms with Gasteiger partial charge in [0.1, 0.15) is 26.8 Å². The highest BCUT2D eigenvalue weighted by molar-refractivity contribution is 6.34. The number of ether oxygens (including phenoxy) is 3. The summed E-state index contributed by atoms with van der Waals surface area (Å²) in [4.78, 5) is 36.5. The van der Waals surface area contributed by atoms with Crippen LogP contribution >= 0.6 is 0 Å². The number of nitrogens with one attached hydrogen (secondary N) is 2. The molecule has 2 unspecified atom stereocenters. The third-order valence-electron chi connectivity index (χ3n) is 8.83. The van der Waals surface area contributed by atoms with E-state index in [0.717, 1.165) is 44.3 Å². The van der Waals surface area contributed by atoms with Gasteiger partial charge in [-0.3, -0.25) is 0 Å². The molecule has 0 saturated heterocycles. The Hall–Kier alpha value is -2.97. The first-order chi connectivity index (χ1) is 22.4. The van der Waals surface area contributed by atoms with Gasteiger partial charge in [0.2, 0.25) is 0 Å². The number of unbranched alkanes of at least 4 members (excludes halogenated alkanes) is 9. The average molecular weight is 653 g/mol. The Bertz CT molecular complexity index is 1100. The molecule has 0 bridgehead atoms. The first-order valence-corrected chi connectivity index (χ1v) is 18.0. The molecule has 0 spiro atoms. The minimum atomic E-state index is -0.733. The van der Waals surface area contributed by atoms with E-state index < -0.39 is 18.2 Å². The van der Waals surface area contributed by atoms with E-state index in [9.17, 15) is 14.4 Å². The molecule has 1 saturated carbocycles. The number of esters is 1. The predicted molar refractivity (Wildman–Crippen MR) is 190 cm³/mol. The highest BCUT2D eigenvalue weighted by atomic mass is 16.6. The van der Waals surface area contributed by atoms with E-state index in [4.69, 9.17) is 22.1 Å². The zero-order chi connectivity index (χ0) is 34.5. The number of carbonyl (C=O) groups excluding carboxylic acids is 3. The van der Waals surface area contributed by atoms with Crippen molar-refractivity contribution in [2.45, 2.75) is 143 Å². The van der Waals surface area contributed by atoms with E-state index in [2.05, 4.69) is 63.1 Å². The van der Waals surface area contributed by atoms with Gasteiger partial charge < -0.3 is 24.8 Å². The van der Waals surface area contributed by atoms with Gasteiger partial charge in [-0.15, -0.1) is 0 Å². The summed E-state index contributed by atoms with van der Waals surface area (Å²) < 4.78 is 15.7. The number of amides is 2. The molecule has 0 aromatic heterocycles. The molecule has 0 aromatic carbocycles. The van der Waals surface area contributed by atoms with Gasteiger partial charge >= 0.3 is 18.2 Å². The van der Waals surface area contributed by atoms with E-state index in [0.29, 0.717) is 13.0 Å². The third kappa shape index (κ3) is 18.2. The second kappa shape index (κ2) is 21.8. The molecular weight excluding hydrogens is 591 g/mol. The first kappa shape index (κ1) is 40.2. The molecule has 0 aromatic rings. The number of carbonyl (C=O) groups is 3. The van der Waals surface area contributed by atoms with Crippen LogP contribution < -0.4 is 10.6 Å². The Morgan fingerprint density at radius 3 is 2.30 bits per heavy atom. The van der Waals surface area contributed by atoms with Gasteiger partial charge in [-0.2, -0.15) is 0 Å². The van der Waals surface area contributed by atoms with Crippen LogP contribution in [0.15, 0.2) is 47.7 Å². The summed E-state index contributed by atoms with van der Waals surface area (Å²) in [5.41, 5.74) is 0.759. The number of hydrogen-bond donors (Lipinski definition) is 2. The standard InChI is InChI=1S/C38H61BN2O6/c1-6-7-8-9-10-11-12-13-14-15-16-17-18-20-31-21-19-22-33(25-31)47-36(44)41-32-26-37(3,4)28-38(5,27-32)29-40-35(43)46-24-23-45-34(42)30(2)39/h11-12,21,25,32H,2,6-10,13-20,22-24,26-29H2,1,3-5H3,(H,40,43)(H,41,44)/b12-11+. The highest BCUT2D eigenvalue weighted by Crippen LogP contribution is 2.45. The fraction of sp³-hybridized carbons (Fsp3) is 0.711. The van der Waals surface area contributed by atoms with Crippen molar-refractivity contribution in [1.82, 2.24) is 10.6 Å². The molecule has 2 atom stereocenters. The van der Waals surface area contributed by atoms with Crippen molar-refractivity contribution < 1.29 is 28.6 Å². The molecule has 262 valence electrons. The molecule has 2 N–H and O–H groups in total. The smallest absolute Gasteiger partial charge is 0.412 e. The molecular formula is C38H61BN2O6. The van der Waals surface area contributed by atoms with Crippen LogP contribution in [0, 0.1) is 10.8 Å². The maximum absolute atomic E-state index is 13.0. The van der Waals surface area contributed by atoms with Gasteiger partial charge in [0, 0.05) is 19.0 Å². The van der Waals surface area contributed by atoms with E-state index in [1.165, 1.54) is 69.8 Å². The Kier molecular flexibility index (Phi) is 18.7. The van der Waals surface area contributed by atoms with Crippen molar-refractivity contribution in [3.8, 4) is 0 Å². The maximum atomic E-state index is 13.0. The van der Waals surface area contributed by atoms with Crippen LogP contribution in [0.3, 0.4) is 0 Å². The summed E-state index contributed by atoms with van der Waals surface area (Å²) in [6.07, 6.45) is 27.0. The molecule has 9 heteroatoms. The molecule has 2 rings (SSSR count). The van der Waals surface area contributed by atoms with Crippen molar-refractivity contribution in [2.24, 2.45) is 10.8 Å². The quantitative estimate of drug-likeness (QED) is 0.0320. The van der Waals surface area contributed by atoms with E-state index >= 15 is 0 Å². The minimum absolute atomic E-state index is 0.0417. The van der Waals surface area contributed by atoms with Crippen molar-refractivity contribution >= 4 is 26.0 Å². The largest absolute Gasteiger partial charge is 0.459 e. The normalized spacial score (nSPS) is 20.6. The number of rotatable bonds is 21. The molecule has 47 heavy (non-hydrogen) atoms. The van der Waals surface area contributed by atoms with Crippen molar-refractivity contribution in [2.75, 3.05) is 19.8 Å². The van der Waals surface area contributed by atoms with E-state index in [1.807, 2.05) is 6.08 Å². The lowest BCUT2D eigenvalue weighted by Gasteiger charge is -2.46. The molecule has 2 radical (unpaired) electrons. The lowest BCUT2D eigenvalue weighted by Crippen LogP contribution is -2.50. The summed E-state index contributed by atoms with van der Waals surface area (Å²) in [5.74, 6) is -0.00625. The van der Waals surface area contributed by atoms with Gasteiger partial charge in [-0.25, -0.2) is 14.4 Å². The summed E-state index contributed by atoms with van der Waals surface area (Å²) in [5, 5.41) is 5.93. The van der Waals surface area contributed by atoms with Crippen molar-refractivity contribution in [3.63, 3.8) is 0 Å². The van der Waals surface area contributed by atoms with Gasteiger partial charge in [0.05, 0.1) is 0 Å². The van der Waals surface area contributed by atoms with Crippen molar-refractivity contribution in [1.29, 1.82) is 0 Å². The number of hydrogen-bond acceptors (Lipinski definition) is 6. The van der Waals surface area contributed by atoms with Gasteiger partial charge in [0.25, 0.3) is 0 Å². The maximum Gasteiger partial charge on any atom is 0.412 e. The molecule has 2 aliphatic rings. The summed E-state index contributed by atoms with van der Waals surface area (Å²) in [6.45, 7) is 12.2. The van der Waals surface area contributed by atoms with E-state index in [-0.39, 0.29) is 35.6 Å². The second-order valence-electron chi connectivity index (χ2n) is 14.5. The van der Waals surface area contributed by atoms with Crippen LogP contribution in [0.4, 0.5) is 9.59 Å². The summed E-state index contributed by atoms with van der Waals surface area (Å²) in [7, 11) is 5.26. The molecule has 2 aliphatic carbocycles. The van der Waals surface area contributed by atoms with Gasteiger partial charge in [-0.05, 0) is 92.2 Å². The summed E-state index contributed by atoms with van der Waals surface area (Å²) >= 11 is 0. The Labute approximate surface area is 286 Å². The molecule has 2 amide bonds. The van der Waals surface area contributed by atoms with Crippen LogP contribution in [0.5, 0.6) is 0 Å². The van der Waals surface area contributed by atoms with Gasteiger partial charge in [-0.1, -0.05) is 91.0 Å². The lowest BCUT2D eigenvalue weighted by atomic mass is 9.62. The lowest BCUT2D eigenvalue weighted by molar-refractivity contribution is -0.139. The number of alkyl carbamates (subject to hydrolysis) is 2. The van der Waals surface area contributed by atoms with Crippen molar-refractivity contribution in [3.05, 3.63) is 47.7 Å². The van der Waals surface area contributed by atoms with Crippen LogP contribution in [0.2, 0.25) is 0 Å². The zero-order valence-electron chi connectivity index (χ0n) is 29.8.